The number of hydrogen-bond donors (Lipinski definition) is 2. The number of carbonyl (C=O) groups is 1. The maximum absolute atomic E-state index is 14.8. The second kappa shape index (κ2) is 11.0. The first kappa shape index (κ1) is 25.3. The molecule has 0 aliphatic heterocycles. The van der Waals surface area contributed by atoms with E-state index in [-0.39, 0.29) is 23.8 Å². The normalized spacial score (nSPS) is 17.4. The molecular weight excluding hydrogens is 499 g/mol. The number of hydrogen-bond acceptors (Lipinski definition) is 2. The van der Waals surface area contributed by atoms with Crippen LogP contribution in [0.5, 0.6) is 0 Å². The molecule has 0 heterocycles. The van der Waals surface area contributed by atoms with Crippen LogP contribution in [-0.4, -0.2) is 5.91 Å². The first-order chi connectivity index (χ1) is 19.1. The van der Waals surface area contributed by atoms with Crippen LogP contribution in [0.4, 0.5) is 0 Å². The van der Waals surface area contributed by atoms with Crippen LogP contribution in [0.25, 0.3) is 10.8 Å². The van der Waals surface area contributed by atoms with Gasteiger partial charge < -0.3 is 5.32 Å². The van der Waals surface area contributed by atoms with E-state index in [0.717, 1.165) is 33.5 Å². The van der Waals surface area contributed by atoms with Crippen LogP contribution in [0.2, 0.25) is 0 Å². The van der Waals surface area contributed by atoms with Crippen molar-refractivity contribution in [1.82, 2.24) is 10.4 Å². The molecule has 0 unspecified atom stereocenters. The van der Waals surface area contributed by atoms with Crippen molar-refractivity contribution in [3.63, 3.8) is 0 Å². The molecule has 1 saturated carbocycles. The monoisotopic (exact) mass is 530 g/mol. The van der Waals surface area contributed by atoms with Gasteiger partial charge in [-0.15, -0.1) is 0 Å². The van der Waals surface area contributed by atoms with Gasteiger partial charge in [0, 0.05) is 29.1 Å². The van der Waals surface area contributed by atoms with Gasteiger partial charge in [0.15, 0.2) is 0 Å². The van der Waals surface area contributed by atoms with Gasteiger partial charge in [-0.05, 0) is 58.5 Å². The molecule has 0 radical (unpaired) electrons. The molecular formula is C34H31N2O2P. The van der Waals surface area contributed by atoms with E-state index in [0.29, 0.717) is 6.54 Å². The van der Waals surface area contributed by atoms with Crippen LogP contribution in [0.15, 0.2) is 133 Å². The third-order valence-corrected chi connectivity index (χ3v) is 10.3. The minimum Gasteiger partial charge on any atom is -0.352 e. The van der Waals surface area contributed by atoms with Gasteiger partial charge in [0.2, 0.25) is 13.2 Å². The van der Waals surface area contributed by atoms with Crippen LogP contribution < -0.4 is 21.0 Å². The number of amides is 1. The van der Waals surface area contributed by atoms with Crippen LogP contribution in [0.3, 0.4) is 0 Å². The van der Waals surface area contributed by atoms with E-state index in [4.69, 9.17) is 0 Å². The van der Waals surface area contributed by atoms with E-state index in [2.05, 4.69) is 46.8 Å². The van der Waals surface area contributed by atoms with Crippen molar-refractivity contribution in [3.8, 4) is 0 Å². The first-order valence-electron chi connectivity index (χ1n) is 13.4. The number of benzene rings is 5. The summed E-state index contributed by atoms with van der Waals surface area (Å²) in [6, 6.07) is 43.5. The summed E-state index contributed by atoms with van der Waals surface area (Å²) in [4.78, 5) is 13.4. The van der Waals surface area contributed by atoms with Crippen molar-refractivity contribution in [1.29, 1.82) is 0 Å². The highest BCUT2D eigenvalue weighted by atomic mass is 31.2. The molecule has 5 aromatic rings. The molecule has 1 aliphatic carbocycles. The zero-order valence-electron chi connectivity index (χ0n) is 21.6. The Labute approximate surface area is 229 Å². The molecule has 194 valence electrons. The van der Waals surface area contributed by atoms with Gasteiger partial charge in [0.05, 0.1) is 0 Å². The third kappa shape index (κ3) is 5.31. The lowest BCUT2D eigenvalue weighted by Gasteiger charge is -2.28. The summed E-state index contributed by atoms with van der Waals surface area (Å²) in [6.45, 7) is 0.485. The van der Waals surface area contributed by atoms with Crippen LogP contribution in [-0.2, 0) is 15.9 Å². The molecule has 6 rings (SSSR count). The summed E-state index contributed by atoms with van der Waals surface area (Å²) in [5.74, 6) is -0.0525. The summed E-state index contributed by atoms with van der Waals surface area (Å²) < 4.78 is 14.8. The topological polar surface area (TPSA) is 58.2 Å². The Balaban J connectivity index is 1.26. The second-order valence-corrected chi connectivity index (χ2v) is 12.7. The van der Waals surface area contributed by atoms with E-state index in [9.17, 15) is 9.36 Å². The molecule has 0 spiro atoms. The van der Waals surface area contributed by atoms with Crippen molar-refractivity contribution >= 4 is 34.6 Å². The molecule has 5 heteroatoms. The molecule has 5 aromatic carbocycles. The molecule has 0 saturated heterocycles. The largest absolute Gasteiger partial charge is 0.352 e. The summed E-state index contributed by atoms with van der Waals surface area (Å²) in [5, 5.41) is 10.6. The van der Waals surface area contributed by atoms with Gasteiger partial charge in [0.1, 0.15) is 0 Å². The Hall–Kier alpha value is -3.98. The van der Waals surface area contributed by atoms with Crippen molar-refractivity contribution in [2.45, 2.75) is 19.0 Å². The lowest BCUT2D eigenvalue weighted by Crippen LogP contribution is -2.33. The van der Waals surface area contributed by atoms with Gasteiger partial charge in [-0.2, -0.15) is 0 Å². The lowest BCUT2D eigenvalue weighted by atomic mass is 10.0. The quantitative estimate of drug-likeness (QED) is 0.218. The standard InChI is InChI=1S/C34H31N2O2P/c37-34(35-24-27-17-12-16-25-13-10-11-22-30(25)27)32-23-31(32)33(26-14-4-1-5-15-26)36-39(38,28-18-6-2-7-19-28)29-20-8-3-9-21-29/h1-22,31-33H,23-24H2,(H,35,37)(H,36,38)/t31-,32+,33-/m1/s1. The van der Waals surface area contributed by atoms with Crippen LogP contribution >= 0.6 is 7.29 Å². The zero-order chi connectivity index (χ0) is 26.7. The molecule has 3 atom stereocenters. The minimum atomic E-state index is -3.19. The molecule has 39 heavy (non-hydrogen) atoms. The highest BCUT2D eigenvalue weighted by Crippen LogP contribution is 2.52. The Morgan fingerprint density at radius 3 is 1.95 bits per heavy atom. The van der Waals surface area contributed by atoms with Gasteiger partial charge >= 0.3 is 0 Å². The summed E-state index contributed by atoms with van der Waals surface area (Å²) in [6.07, 6.45) is 0.748. The SMILES string of the molecule is O=C(NCc1cccc2ccccc12)[C@H]1C[C@H]1[C@H](NP(=O)(c1ccccc1)c1ccccc1)c1ccccc1. The van der Waals surface area contributed by atoms with Crippen LogP contribution in [0.1, 0.15) is 23.6 Å². The predicted octanol–water partition coefficient (Wildman–Crippen LogP) is 6.35. The number of fused-ring (bicyclic) bond motifs is 1. The Kier molecular flexibility index (Phi) is 7.15. The number of carbonyl (C=O) groups excluding carboxylic acids is 1. The van der Waals surface area contributed by atoms with Gasteiger partial charge in [-0.1, -0.05) is 109 Å². The fourth-order valence-electron chi connectivity index (χ4n) is 5.49. The number of nitrogens with one attached hydrogen (secondary N) is 2. The predicted molar refractivity (Wildman–Crippen MR) is 159 cm³/mol. The molecule has 1 fully saturated rings. The Morgan fingerprint density at radius 1 is 0.718 bits per heavy atom. The molecule has 0 aromatic heterocycles. The fourth-order valence-corrected chi connectivity index (χ4v) is 8.00. The highest BCUT2D eigenvalue weighted by Gasteiger charge is 2.50. The minimum absolute atomic E-state index is 0.0423. The highest BCUT2D eigenvalue weighted by molar-refractivity contribution is 7.76. The van der Waals surface area contributed by atoms with E-state index in [1.807, 2.05) is 97.1 Å². The Bertz CT molecular complexity index is 1570. The van der Waals surface area contributed by atoms with Crippen molar-refractivity contribution < 1.29 is 9.36 Å². The van der Waals surface area contributed by atoms with E-state index >= 15 is 0 Å². The maximum atomic E-state index is 14.8. The van der Waals surface area contributed by atoms with E-state index in [1.165, 1.54) is 5.39 Å². The average molecular weight is 531 g/mol. The van der Waals surface area contributed by atoms with E-state index in [1.54, 1.807) is 0 Å². The number of rotatable bonds is 9. The molecule has 1 amide bonds. The first-order valence-corrected chi connectivity index (χ1v) is 15.1. The molecule has 2 N–H and O–H groups in total. The zero-order valence-corrected chi connectivity index (χ0v) is 22.5. The van der Waals surface area contributed by atoms with Crippen molar-refractivity contribution in [3.05, 3.63) is 145 Å². The average Bonchev–Trinajstić information content (AvgIpc) is 3.81. The van der Waals surface area contributed by atoms with Crippen LogP contribution in [0, 0.1) is 11.8 Å². The van der Waals surface area contributed by atoms with Gasteiger partial charge in [-0.3, -0.25) is 14.4 Å². The second-order valence-electron chi connectivity index (χ2n) is 10.2. The molecule has 1 aliphatic rings. The Morgan fingerprint density at radius 2 is 1.28 bits per heavy atom. The summed E-state index contributed by atoms with van der Waals surface area (Å²) >= 11 is 0. The summed E-state index contributed by atoms with van der Waals surface area (Å²) in [5.41, 5.74) is 2.15. The van der Waals surface area contributed by atoms with Gasteiger partial charge in [0.25, 0.3) is 0 Å². The van der Waals surface area contributed by atoms with Crippen molar-refractivity contribution in [2.24, 2.45) is 11.8 Å². The lowest BCUT2D eigenvalue weighted by molar-refractivity contribution is -0.122. The maximum Gasteiger partial charge on any atom is 0.223 e. The van der Waals surface area contributed by atoms with Crippen molar-refractivity contribution in [2.75, 3.05) is 0 Å². The molecule has 4 nitrogen and oxygen atoms in total. The third-order valence-electron chi connectivity index (χ3n) is 7.66. The van der Waals surface area contributed by atoms with E-state index < -0.39 is 7.29 Å². The molecule has 0 bridgehead atoms. The fraction of sp³-hybridized carbons (Fsp3) is 0.147. The smallest absolute Gasteiger partial charge is 0.223 e. The van der Waals surface area contributed by atoms with Gasteiger partial charge in [-0.25, -0.2) is 0 Å². The summed E-state index contributed by atoms with van der Waals surface area (Å²) in [7, 11) is -3.19.